The first-order chi connectivity index (χ1) is 13.7. The van der Waals surface area contributed by atoms with Crippen molar-refractivity contribution in [1.29, 1.82) is 0 Å². The van der Waals surface area contributed by atoms with Crippen molar-refractivity contribution in [1.82, 2.24) is 0 Å². The van der Waals surface area contributed by atoms with E-state index in [1.165, 1.54) is 0 Å². The molecule has 3 aromatic rings. The number of rotatable bonds is 5. The molecule has 1 aliphatic heterocycles. The number of ketones is 1. The number of carbonyl (C=O) groups excluding carboxylic acids is 1. The van der Waals surface area contributed by atoms with Gasteiger partial charge >= 0.3 is 0 Å². The van der Waals surface area contributed by atoms with Crippen molar-refractivity contribution in [3.63, 3.8) is 0 Å². The van der Waals surface area contributed by atoms with Crippen LogP contribution in [0.5, 0.6) is 0 Å². The van der Waals surface area contributed by atoms with Gasteiger partial charge in [-0.05, 0) is 35.4 Å². The third-order valence-corrected chi connectivity index (χ3v) is 7.95. The summed E-state index contributed by atoms with van der Waals surface area (Å²) in [7, 11) is 0. The van der Waals surface area contributed by atoms with Crippen molar-refractivity contribution < 1.29 is 4.79 Å². The number of halogens is 1. The Morgan fingerprint density at radius 1 is 0.750 bits per heavy atom. The highest BCUT2D eigenvalue weighted by Gasteiger charge is 2.30. The summed E-state index contributed by atoms with van der Waals surface area (Å²) in [5.74, 6) is 2.13. The standard InChI is InChI=1S/C24H19BrOS2/c25-20-13-11-19(12-14-20)23(26)22(24-27-15-16-28-24)21(17-7-3-1-4-8-17)18-9-5-2-6-10-18/h1-14,21H,15-16H2. The molecule has 0 aliphatic carbocycles. The Bertz CT molecular complexity index is 935. The fourth-order valence-corrected chi connectivity index (χ4v) is 6.25. The lowest BCUT2D eigenvalue weighted by atomic mass is 9.82. The van der Waals surface area contributed by atoms with Crippen molar-refractivity contribution in [2.45, 2.75) is 5.92 Å². The van der Waals surface area contributed by atoms with E-state index in [2.05, 4.69) is 40.2 Å². The third kappa shape index (κ3) is 4.29. The van der Waals surface area contributed by atoms with E-state index in [1.807, 2.05) is 60.7 Å². The van der Waals surface area contributed by atoms with Gasteiger partial charge in [0.15, 0.2) is 5.78 Å². The predicted octanol–water partition coefficient (Wildman–Crippen LogP) is 7.16. The van der Waals surface area contributed by atoms with Gasteiger partial charge < -0.3 is 0 Å². The Kier molecular flexibility index (Phi) is 6.40. The van der Waals surface area contributed by atoms with Crippen molar-refractivity contribution in [3.05, 3.63) is 116 Å². The zero-order valence-electron chi connectivity index (χ0n) is 15.2. The fraction of sp³-hybridized carbons (Fsp3) is 0.125. The summed E-state index contributed by atoms with van der Waals surface area (Å²) in [6.45, 7) is 0. The lowest BCUT2D eigenvalue weighted by molar-refractivity contribution is 0.102. The van der Waals surface area contributed by atoms with Gasteiger partial charge in [0, 0.05) is 37.3 Å². The molecule has 0 unspecified atom stereocenters. The molecule has 1 fully saturated rings. The lowest BCUT2D eigenvalue weighted by Gasteiger charge is -2.23. The molecule has 28 heavy (non-hydrogen) atoms. The van der Waals surface area contributed by atoms with Crippen molar-refractivity contribution in [2.24, 2.45) is 0 Å². The highest BCUT2D eigenvalue weighted by molar-refractivity contribution is 9.10. The molecule has 0 spiro atoms. The fourth-order valence-electron chi connectivity index (χ4n) is 3.38. The summed E-state index contributed by atoms with van der Waals surface area (Å²) < 4.78 is 2.14. The van der Waals surface area contributed by atoms with Crippen LogP contribution in [-0.2, 0) is 0 Å². The van der Waals surface area contributed by atoms with Crippen molar-refractivity contribution in [2.75, 3.05) is 11.5 Å². The van der Waals surface area contributed by atoms with Crippen LogP contribution in [0.15, 0.2) is 99.2 Å². The maximum Gasteiger partial charge on any atom is 0.191 e. The van der Waals surface area contributed by atoms with Crippen molar-refractivity contribution in [3.8, 4) is 0 Å². The molecule has 140 valence electrons. The smallest absolute Gasteiger partial charge is 0.191 e. The van der Waals surface area contributed by atoms with Crippen LogP contribution in [0.25, 0.3) is 0 Å². The molecule has 0 bridgehead atoms. The zero-order chi connectivity index (χ0) is 19.3. The minimum absolute atomic E-state index is 0.0772. The summed E-state index contributed by atoms with van der Waals surface area (Å²) in [5.41, 5.74) is 3.92. The molecule has 0 atom stereocenters. The number of hydrogen-bond donors (Lipinski definition) is 0. The maximum atomic E-state index is 13.7. The SMILES string of the molecule is O=C(C(=C1SCCS1)C(c1ccccc1)c1ccccc1)c1ccc(Br)cc1. The van der Waals surface area contributed by atoms with Gasteiger partial charge in [-0.2, -0.15) is 0 Å². The van der Waals surface area contributed by atoms with Crippen LogP contribution in [0.4, 0.5) is 0 Å². The molecule has 0 amide bonds. The van der Waals surface area contributed by atoms with Gasteiger partial charge in [-0.15, -0.1) is 23.5 Å². The van der Waals surface area contributed by atoms with Gasteiger partial charge in [-0.1, -0.05) is 76.6 Å². The molecule has 0 saturated carbocycles. The molecule has 4 rings (SSSR count). The predicted molar refractivity (Wildman–Crippen MR) is 125 cm³/mol. The number of thioether (sulfide) groups is 2. The van der Waals surface area contributed by atoms with E-state index in [0.717, 1.165) is 42.5 Å². The highest BCUT2D eigenvalue weighted by Crippen LogP contribution is 2.46. The molecule has 0 N–H and O–H groups in total. The van der Waals surface area contributed by atoms with E-state index >= 15 is 0 Å². The van der Waals surface area contributed by atoms with Gasteiger partial charge in [0.25, 0.3) is 0 Å². The summed E-state index contributed by atoms with van der Waals surface area (Å²) in [4.78, 5) is 13.7. The molecular weight excluding hydrogens is 448 g/mol. The minimum atomic E-state index is -0.0772. The van der Waals surface area contributed by atoms with E-state index in [4.69, 9.17) is 0 Å². The average molecular weight is 467 g/mol. The Balaban J connectivity index is 1.89. The van der Waals surface area contributed by atoms with Crippen molar-refractivity contribution >= 4 is 45.2 Å². The van der Waals surface area contributed by atoms with Crippen LogP contribution in [0.2, 0.25) is 0 Å². The summed E-state index contributed by atoms with van der Waals surface area (Å²) in [6, 6.07) is 28.4. The third-order valence-electron chi connectivity index (χ3n) is 4.68. The number of Topliss-reactive ketones (excluding diaryl/α,β-unsaturated/α-hetero) is 1. The second-order valence-electron chi connectivity index (χ2n) is 6.49. The van der Waals surface area contributed by atoms with Gasteiger partial charge in [0.1, 0.15) is 0 Å². The topological polar surface area (TPSA) is 17.1 Å². The lowest BCUT2D eigenvalue weighted by Crippen LogP contribution is -2.15. The summed E-state index contributed by atoms with van der Waals surface area (Å²) in [6.07, 6.45) is 0. The Morgan fingerprint density at radius 2 is 1.25 bits per heavy atom. The molecule has 1 aliphatic rings. The van der Waals surface area contributed by atoms with Crippen LogP contribution < -0.4 is 0 Å². The van der Waals surface area contributed by atoms with E-state index in [9.17, 15) is 4.79 Å². The first-order valence-corrected chi connectivity index (χ1v) is 11.9. The van der Waals surface area contributed by atoms with E-state index in [0.29, 0.717) is 0 Å². The maximum absolute atomic E-state index is 13.7. The molecule has 1 nitrogen and oxygen atoms in total. The van der Waals surface area contributed by atoms with Crippen LogP contribution >= 0.6 is 39.5 Å². The molecule has 1 saturated heterocycles. The van der Waals surface area contributed by atoms with Crippen LogP contribution in [0.3, 0.4) is 0 Å². The molecule has 4 heteroatoms. The zero-order valence-corrected chi connectivity index (χ0v) is 18.4. The Morgan fingerprint density at radius 3 is 1.75 bits per heavy atom. The summed E-state index contributed by atoms with van der Waals surface area (Å²) in [5, 5.41) is 0. The Hall–Kier alpha value is -1.75. The molecule has 3 aromatic carbocycles. The van der Waals surface area contributed by atoms with Gasteiger partial charge in [-0.3, -0.25) is 4.79 Å². The van der Waals surface area contributed by atoms with E-state index in [-0.39, 0.29) is 11.7 Å². The quantitative estimate of drug-likeness (QED) is 0.293. The number of hydrogen-bond acceptors (Lipinski definition) is 3. The Labute approximate surface area is 182 Å². The average Bonchev–Trinajstić information content (AvgIpc) is 3.27. The largest absolute Gasteiger partial charge is 0.289 e. The number of benzene rings is 3. The number of allylic oxidation sites excluding steroid dienone is 1. The van der Waals surface area contributed by atoms with E-state index < -0.39 is 0 Å². The first kappa shape index (κ1) is 19.6. The van der Waals surface area contributed by atoms with E-state index in [1.54, 1.807) is 23.5 Å². The first-order valence-electron chi connectivity index (χ1n) is 9.14. The minimum Gasteiger partial charge on any atom is -0.289 e. The molecule has 1 heterocycles. The van der Waals surface area contributed by atoms with Crippen LogP contribution in [0.1, 0.15) is 27.4 Å². The van der Waals surface area contributed by atoms with Gasteiger partial charge in [0.05, 0.1) is 0 Å². The second kappa shape index (κ2) is 9.17. The van der Waals surface area contributed by atoms with Gasteiger partial charge in [-0.25, -0.2) is 0 Å². The molecular formula is C24H19BrOS2. The summed E-state index contributed by atoms with van der Waals surface area (Å²) >= 11 is 7.08. The van der Waals surface area contributed by atoms with Crippen LogP contribution in [0, 0.1) is 0 Å². The van der Waals surface area contributed by atoms with Gasteiger partial charge in [0.2, 0.25) is 0 Å². The second-order valence-corrected chi connectivity index (χ2v) is 9.87. The monoisotopic (exact) mass is 466 g/mol. The molecule has 0 radical (unpaired) electrons. The number of carbonyl (C=O) groups is 1. The van der Waals surface area contributed by atoms with Crippen LogP contribution in [-0.4, -0.2) is 17.3 Å². The highest BCUT2D eigenvalue weighted by atomic mass is 79.9. The normalized spacial score (nSPS) is 13.7. The molecule has 0 aromatic heterocycles.